The topological polar surface area (TPSA) is 63.2 Å². The molecular formula is C16H16ClN3O2S. The van der Waals surface area contributed by atoms with E-state index in [2.05, 4.69) is 15.6 Å². The first-order chi connectivity index (χ1) is 11.1. The number of halogens is 1. The summed E-state index contributed by atoms with van der Waals surface area (Å²) in [4.78, 5) is 16.1. The summed E-state index contributed by atoms with van der Waals surface area (Å²) >= 11 is 11.2. The van der Waals surface area contributed by atoms with Crippen molar-refractivity contribution in [2.24, 2.45) is 0 Å². The van der Waals surface area contributed by atoms with Gasteiger partial charge in [0.15, 0.2) is 5.11 Å². The van der Waals surface area contributed by atoms with Gasteiger partial charge in [-0.05, 0) is 49.0 Å². The Bertz CT molecular complexity index is 695. The van der Waals surface area contributed by atoms with Crippen LogP contribution < -0.4 is 15.4 Å². The van der Waals surface area contributed by atoms with Crippen LogP contribution in [-0.4, -0.2) is 22.6 Å². The molecule has 0 fully saturated rings. The Morgan fingerprint density at radius 1 is 1.39 bits per heavy atom. The number of benzene rings is 1. The molecule has 7 heteroatoms. The van der Waals surface area contributed by atoms with Gasteiger partial charge in [-0.3, -0.25) is 15.1 Å². The van der Waals surface area contributed by atoms with Crippen LogP contribution in [0.5, 0.6) is 5.75 Å². The molecule has 0 radical (unpaired) electrons. The van der Waals surface area contributed by atoms with Crippen LogP contribution in [0.25, 0.3) is 0 Å². The molecule has 5 nitrogen and oxygen atoms in total. The molecule has 2 aromatic rings. The molecule has 0 bridgehead atoms. The van der Waals surface area contributed by atoms with Gasteiger partial charge in [-0.1, -0.05) is 17.7 Å². The Balaban J connectivity index is 1.90. The second-order valence-electron chi connectivity index (χ2n) is 4.58. The molecule has 0 atom stereocenters. The van der Waals surface area contributed by atoms with Gasteiger partial charge in [0, 0.05) is 24.5 Å². The second-order valence-corrected chi connectivity index (χ2v) is 5.39. The van der Waals surface area contributed by atoms with E-state index >= 15 is 0 Å². The molecule has 23 heavy (non-hydrogen) atoms. The molecule has 2 rings (SSSR count). The number of rotatable bonds is 5. The van der Waals surface area contributed by atoms with Gasteiger partial charge in [0.25, 0.3) is 5.91 Å². The fourth-order valence-electron chi connectivity index (χ4n) is 1.82. The van der Waals surface area contributed by atoms with E-state index in [1.54, 1.807) is 30.6 Å². The summed E-state index contributed by atoms with van der Waals surface area (Å²) in [6, 6.07) is 8.59. The van der Waals surface area contributed by atoms with Gasteiger partial charge < -0.3 is 10.1 Å². The van der Waals surface area contributed by atoms with Crippen molar-refractivity contribution in [2.75, 3.05) is 6.61 Å². The van der Waals surface area contributed by atoms with Crippen LogP contribution in [0.1, 0.15) is 22.8 Å². The number of ether oxygens (including phenoxy) is 1. The minimum Gasteiger partial charge on any atom is -0.492 e. The molecule has 1 aromatic heterocycles. The maximum atomic E-state index is 12.1. The lowest BCUT2D eigenvalue weighted by atomic mass is 10.2. The third-order valence-electron chi connectivity index (χ3n) is 2.90. The van der Waals surface area contributed by atoms with E-state index in [1.165, 1.54) is 0 Å². The third kappa shape index (κ3) is 5.19. The largest absolute Gasteiger partial charge is 0.492 e. The molecule has 0 saturated heterocycles. The Morgan fingerprint density at radius 2 is 2.22 bits per heavy atom. The number of pyridine rings is 1. The molecule has 2 N–H and O–H groups in total. The van der Waals surface area contributed by atoms with Crippen molar-refractivity contribution in [1.82, 2.24) is 15.6 Å². The molecule has 0 aliphatic rings. The van der Waals surface area contributed by atoms with Gasteiger partial charge in [-0.15, -0.1) is 0 Å². The summed E-state index contributed by atoms with van der Waals surface area (Å²) in [7, 11) is 0. The first-order valence-corrected chi connectivity index (χ1v) is 7.79. The zero-order valence-electron chi connectivity index (χ0n) is 12.5. The van der Waals surface area contributed by atoms with Crippen LogP contribution in [0.4, 0.5) is 0 Å². The molecule has 0 aliphatic carbocycles. The van der Waals surface area contributed by atoms with Crippen molar-refractivity contribution in [1.29, 1.82) is 0 Å². The SMILES string of the molecule is CCOc1ccc(C(=O)NC(=S)NCc2cccnc2)cc1Cl. The highest BCUT2D eigenvalue weighted by Crippen LogP contribution is 2.25. The molecule has 1 heterocycles. The maximum absolute atomic E-state index is 12.1. The van der Waals surface area contributed by atoms with E-state index in [-0.39, 0.29) is 11.0 Å². The maximum Gasteiger partial charge on any atom is 0.257 e. The fourth-order valence-corrected chi connectivity index (χ4v) is 2.22. The lowest BCUT2D eigenvalue weighted by molar-refractivity contribution is 0.0976. The average Bonchev–Trinajstić information content (AvgIpc) is 2.56. The van der Waals surface area contributed by atoms with E-state index in [1.807, 2.05) is 19.1 Å². The van der Waals surface area contributed by atoms with Crippen molar-refractivity contribution in [2.45, 2.75) is 13.5 Å². The zero-order chi connectivity index (χ0) is 16.7. The number of aromatic nitrogens is 1. The minimum atomic E-state index is -0.335. The van der Waals surface area contributed by atoms with Crippen LogP contribution in [-0.2, 0) is 6.54 Å². The first kappa shape index (κ1) is 17.2. The van der Waals surface area contributed by atoms with Crippen molar-refractivity contribution in [3.05, 3.63) is 58.9 Å². The molecule has 1 amide bonds. The smallest absolute Gasteiger partial charge is 0.257 e. The average molecular weight is 350 g/mol. The molecule has 1 aromatic carbocycles. The van der Waals surface area contributed by atoms with Gasteiger partial charge in [-0.2, -0.15) is 0 Å². The standard InChI is InChI=1S/C16H16ClN3O2S/c1-2-22-14-6-5-12(8-13(14)17)15(21)20-16(23)19-10-11-4-3-7-18-9-11/h3-9H,2,10H2,1H3,(H2,19,20,21,23). The van der Waals surface area contributed by atoms with E-state index in [9.17, 15) is 4.79 Å². The number of hydrogen-bond donors (Lipinski definition) is 2. The zero-order valence-corrected chi connectivity index (χ0v) is 14.1. The minimum absolute atomic E-state index is 0.240. The van der Waals surface area contributed by atoms with Crippen LogP contribution >= 0.6 is 23.8 Å². The number of thiocarbonyl (C=S) groups is 1. The van der Waals surface area contributed by atoms with E-state index < -0.39 is 0 Å². The van der Waals surface area contributed by atoms with Crippen molar-refractivity contribution in [3.63, 3.8) is 0 Å². The number of hydrogen-bond acceptors (Lipinski definition) is 4. The summed E-state index contributed by atoms with van der Waals surface area (Å²) in [5.41, 5.74) is 1.37. The number of carbonyl (C=O) groups excluding carboxylic acids is 1. The summed E-state index contributed by atoms with van der Waals surface area (Å²) in [6.07, 6.45) is 3.42. The van der Waals surface area contributed by atoms with Crippen LogP contribution in [0, 0.1) is 0 Å². The number of carbonyl (C=O) groups is 1. The Kier molecular flexibility index (Phi) is 6.31. The fraction of sp³-hybridized carbons (Fsp3) is 0.188. The van der Waals surface area contributed by atoms with Gasteiger partial charge in [0.1, 0.15) is 5.75 Å². The van der Waals surface area contributed by atoms with Gasteiger partial charge in [0.2, 0.25) is 0 Å². The molecule has 120 valence electrons. The summed E-state index contributed by atoms with van der Waals surface area (Å²) in [5, 5.41) is 6.18. The van der Waals surface area contributed by atoms with E-state index in [0.29, 0.717) is 29.5 Å². The van der Waals surface area contributed by atoms with Crippen LogP contribution in [0.15, 0.2) is 42.7 Å². The Morgan fingerprint density at radius 3 is 2.87 bits per heavy atom. The third-order valence-corrected chi connectivity index (χ3v) is 3.44. The quantitative estimate of drug-likeness (QED) is 0.813. The van der Waals surface area contributed by atoms with E-state index in [4.69, 9.17) is 28.6 Å². The predicted molar refractivity (Wildman–Crippen MR) is 93.8 cm³/mol. The molecule has 0 unspecified atom stereocenters. The van der Waals surface area contributed by atoms with Crippen molar-refractivity contribution < 1.29 is 9.53 Å². The number of nitrogens with zero attached hydrogens (tertiary/aromatic N) is 1. The summed E-state index contributed by atoms with van der Waals surface area (Å²) in [5.74, 6) is 0.210. The lowest BCUT2D eigenvalue weighted by Crippen LogP contribution is -2.38. The van der Waals surface area contributed by atoms with Crippen LogP contribution in [0.3, 0.4) is 0 Å². The normalized spacial score (nSPS) is 10.0. The first-order valence-electron chi connectivity index (χ1n) is 7.00. The monoisotopic (exact) mass is 349 g/mol. The summed E-state index contributed by atoms with van der Waals surface area (Å²) < 4.78 is 5.33. The van der Waals surface area contributed by atoms with Gasteiger partial charge in [-0.25, -0.2) is 0 Å². The molecular weight excluding hydrogens is 334 g/mol. The number of amides is 1. The highest BCUT2D eigenvalue weighted by Gasteiger charge is 2.10. The highest BCUT2D eigenvalue weighted by atomic mass is 35.5. The molecule has 0 spiro atoms. The summed E-state index contributed by atoms with van der Waals surface area (Å²) in [6.45, 7) is 2.86. The predicted octanol–water partition coefficient (Wildman–Crippen LogP) is 2.94. The van der Waals surface area contributed by atoms with Gasteiger partial charge >= 0.3 is 0 Å². The molecule has 0 aliphatic heterocycles. The van der Waals surface area contributed by atoms with Crippen LogP contribution in [0.2, 0.25) is 5.02 Å². The molecule has 0 saturated carbocycles. The van der Waals surface area contributed by atoms with Crippen molar-refractivity contribution >= 4 is 34.8 Å². The van der Waals surface area contributed by atoms with E-state index in [0.717, 1.165) is 5.56 Å². The van der Waals surface area contributed by atoms with Gasteiger partial charge in [0.05, 0.1) is 11.6 Å². The Hall–Kier alpha value is -2.18. The number of nitrogens with one attached hydrogen (secondary N) is 2. The Labute approximate surface area is 145 Å². The second kappa shape index (κ2) is 8.45. The highest BCUT2D eigenvalue weighted by molar-refractivity contribution is 7.80. The lowest BCUT2D eigenvalue weighted by Gasteiger charge is -2.11. The van der Waals surface area contributed by atoms with Crippen molar-refractivity contribution in [3.8, 4) is 5.75 Å².